The van der Waals surface area contributed by atoms with Crippen molar-refractivity contribution >= 4 is 11.8 Å². The van der Waals surface area contributed by atoms with Crippen LogP contribution in [0.1, 0.15) is 5.56 Å². The fourth-order valence-electron chi connectivity index (χ4n) is 1.47. The standard InChI is InChI=1S/C15H22N2OS/c1-17(11-13-19-2)10-12-18-15-7-5-14(6-8-15)4-3-9-16/h5-8H,9-13,16H2,1-2H3. The van der Waals surface area contributed by atoms with E-state index in [4.69, 9.17) is 10.5 Å². The van der Waals surface area contributed by atoms with E-state index in [1.807, 2.05) is 36.0 Å². The summed E-state index contributed by atoms with van der Waals surface area (Å²) in [4.78, 5) is 2.28. The lowest BCUT2D eigenvalue weighted by molar-refractivity contribution is 0.245. The van der Waals surface area contributed by atoms with Gasteiger partial charge in [-0.15, -0.1) is 0 Å². The van der Waals surface area contributed by atoms with E-state index in [-0.39, 0.29) is 0 Å². The van der Waals surface area contributed by atoms with Gasteiger partial charge in [-0.05, 0) is 37.6 Å². The Morgan fingerprint density at radius 1 is 1.26 bits per heavy atom. The van der Waals surface area contributed by atoms with Crippen molar-refractivity contribution in [3.05, 3.63) is 29.8 Å². The highest BCUT2D eigenvalue weighted by Crippen LogP contribution is 2.11. The van der Waals surface area contributed by atoms with Gasteiger partial charge >= 0.3 is 0 Å². The van der Waals surface area contributed by atoms with E-state index in [1.165, 1.54) is 0 Å². The minimum absolute atomic E-state index is 0.390. The average molecular weight is 278 g/mol. The molecule has 0 aromatic heterocycles. The normalized spacial score (nSPS) is 10.1. The Bertz CT molecular complexity index is 408. The maximum absolute atomic E-state index is 5.69. The lowest BCUT2D eigenvalue weighted by Crippen LogP contribution is -2.26. The molecule has 3 nitrogen and oxygen atoms in total. The van der Waals surface area contributed by atoms with E-state index in [9.17, 15) is 0 Å². The molecule has 1 aromatic carbocycles. The monoisotopic (exact) mass is 278 g/mol. The lowest BCUT2D eigenvalue weighted by atomic mass is 10.2. The highest BCUT2D eigenvalue weighted by atomic mass is 32.2. The Balaban J connectivity index is 2.30. The van der Waals surface area contributed by atoms with Crippen LogP contribution < -0.4 is 10.5 Å². The number of benzene rings is 1. The van der Waals surface area contributed by atoms with Crippen molar-refractivity contribution in [3.8, 4) is 17.6 Å². The summed E-state index contributed by atoms with van der Waals surface area (Å²) < 4.78 is 5.69. The van der Waals surface area contributed by atoms with Crippen LogP contribution in [0, 0.1) is 11.8 Å². The second kappa shape index (κ2) is 9.74. The van der Waals surface area contributed by atoms with Gasteiger partial charge in [-0.1, -0.05) is 11.8 Å². The van der Waals surface area contributed by atoms with Gasteiger partial charge in [0.25, 0.3) is 0 Å². The zero-order valence-electron chi connectivity index (χ0n) is 11.7. The molecule has 0 fully saturated rings. The maximum atomic E-state index is 5.69. The number of likely N-dealkylation sites (N-methyl/N-ethyl adjacent to an activating group) is 1. The minimum atomic E-state index is 0.390. The summed E-state index contributed by atoms with van der Waals surface area (Å²) in [6.07, 6.45) is 2.12. The van der Waals surface area contributed by atoms with Gasteiger partial charge in [0.2, 0.25) is 0 Å². The average Bonchev–Trinajstić information content (AvgIpc) is 2.44. The third-order valence-corrected chi connectivity index (χ3v) is 3.20. The first-order chi connectivity index (χ1) is 9.26. The van der Waals surface area contributed by atoms with Crippen LogP contribution in [0.3, 0.4) is 0 Å². The van der Waals surface area contributed by atoms with E-state index in [2.05, 4.69) is 30.0 Å². The molecule has 1 aromatic rings. The molecule has 0 unspecified atom stereocenters. The van der Waals surface area contributed by atoms with Gasteiger partial charge in [-0.2, -0.15) is 11.8 Å². The Kier molecular flexibility index (Phi) is 8.15. The Morgan fingerprint density at radius 3 is 2.63 bits per heavy atom. The first-order valence-corrected chi connectivity index (χ1v) is 7.75. The summed E-state index contributed by atoms with van der Waals surface area (Å²) in [6.45, 7) is 3.13. The molecule has 0 aliphatic carbocycles. The van der Waals surface area contributed by atoms with Crippen LogP contribution in [0.25, 0.3) is 0 Å². The second-order valence-electron chi connectivity index (χ2n) is 4.17. The van der Waals surface area contributed by atoms with Gasteiger partial charge in [0.05, 0.1) is 6.54 Å². The third-order valence-electron chi connectivity index (χ3n) is 2.61. The highest BCUT2D eigenvalue weighted by molar-refractivity contribution is 7.98. The molecular weight excluding hydrogens is 256 g/mol. The SMILES string of the molecule is CSCCN(C)CCOc1ccc(C#CCN)cc1. The van der Waals surface area contributed by atoms with Gasteiger partial charge in [0.15, 0.2) is 0 Å². The van der Waals surface area contributed by atoms with Crippen LogP contribution in [0.4, 0.5) is 0 Å². The van der Waals surface area contributed by atoms with Crippen molar-refractivity contribution in [3.63, 3.8) is 0 Å². The Morgan fingerprint density at radius 2 is 2.00 bits per heavy atom. The zero-order valence-corrected chi connectivity index (χ0v) is 12.5. The van der Waals surface area contributed by atoms with Crippen molar-refractivity contribution in [1.29, 1.82) is 0 Å². The highest BCUT2D eigenvalue weighted by Gasteiger charge is 1.98. The summed E-state index contributed by atoms with van der Waals surface area (Å²) in [5.41, 5.74) is 6.30. The van der Waals surface area contributed by atoms with Gasteiger partial charge in [0.1, 0.15) is 12.4 Å². The van der Waals surface area contributed by atoms with E-state index in [0.717, 1.165) is 30.2 Å². The number of nitrogens with zero attached hydrogens (tertiary/aromatic N) is 1. The number of ether oxygens (including phenoxy) is 1. The van der Waals surface area contributed by atoms with Gasteiger partial charge in [-0.3, -0.25) is 0 Å². The van der Waals surface area contributed by atoms with E-state index in [1.54, 1.807) is 0 Å². The summed E-state index contributed by atoms with van der Waals surface area (Å²) in [5.74, 6) is 7.86. The number of thioether (sulfide) groups is 1. The molecule has 0 aliphatic rings. The predicted octanol–water partition coefficient (Wildman–Crippen LogP) is 1.67. The Labute approximate surface area is 120 Å². The van der Waals surface area contributed by atoms with Gasteiger partial charge in [0, 0.05) is 24.4 Å². The molecule has 0 saturated carbocycles. The molecule has 0 radical (unpaired) electrons. The number of nitrogens with two attached hydrogens (primary N) is 1. The first kappa shape index (κ1) is 15.9. The lowest BCUT2D eigenvalue weighted by Gasteiger charge is -2.16. The molecule has 0 spiro atoms. The van der Waals surface area contributed by atoms with Gasteiger partial charge < -0.3 is 15.4 Å². The molecule has 0 bridgehead atoms. The van der Waals surface area contributed by atoms with E-state index < -0.39 is 0 Å². The molecule has 0 atom stereocenters. The molecular formula is C15H22N2OS. The minimum Gasteiger partial charge on any atom is -0.492 e. The number of hydrogen-bond acceptors (Lipinski definition) is 4. The Hall–Kier alpha value is -1.15. The van der Waals surface area contributed by atoms with Crippen LogP contribution in [0.2, 0.25) is 0 Å². The van der Waals surface area contributed by atoms with Crippen molar-refractivity contribution in [2.75, 3.05) is 45.3 Å². The van der Waals surface area contributed by atoms with Crippen molar-refractivity contribution in [1.82, 2.24) is 4.90 Å². The van der Waals surface area contributed by atoms with Crippen molar-refractivity contribution in [2.45, 2.75) is 0 Å². The summed E-state index contributed by atoms with van der Waals surface area (Å²) >= 11 is 1.86. The van der Waals surface area contributed by atoms with Crippen molar-refractivity contribution < 1.29 is 4.74 Å². The number of hydrogen-bond donors (Lipinski definition) is 1. The smallest absolute Gasteiger partial charge is 0.119 e. The largest absolute Gasteiger partial charge is 0.492 e. The van der Waals surface area contributed by atoms with Crippen LogP contribution >= 0.6 is 11.8 Å². The molecule has 4 heteroatoms. The molecule has 0 heterocycles. The summed E-state index contributed by atoms with van der Waals surface area (Å²) in [6, 6.07) is 7.80. The molecule has 2 N–H and O–H groups in total. The first-order valence-electron chi connectivity index (χ1n) is 6.35. The van der Waals surface area contributed by atoms with E-state index in [0.29, 0.717) is 13.2 Å². The molecule has 1 rings (SSSR count). The second-order valence-corrected chi connectivity index (χ2v) is 5.16. The third kappa shape index (κ3) is 7.12. The maximum Gasteiger partial charge on any atom is 0.119 e. The fourth-order valence-corrected chi connectivity index (χ4v) is 1.96. The van der Waals surface area contributed by atoms with Gasteiger partial charge in [-0.25, -0.2) is 0 Å². The molecule has 104 valence electrons. The predicted molar refractivity (Wildman–Crippen MR) is 83.7 cm³/mol. The van der Waals surface area contributed by atoms with Crippen LogP contribution in [-0.2, 0) is 0 Å². The molecule has 0 aliphatic heterocycles. The number of rotatable bonds is 7. The van der Waals surface area contributed by atoms with Crippen LogP contribution in [0.15, 0.2) is 24.3 Å². The topological polar surface area (TPSA) is 38.5 Å². The molecule has 0 amide bonds. The fraction of sp³-hybridized carbons (Fsp3) is 0.467. The van der Waals surface area contributed by atoms with Crippen LogP contribution in [0.5, 0.6) is 5.75 Å². The quantitative estimate of drug-likeness (QED) is 0.770. The molecule has 0 saturated heterocycles. The van der Waals surface area contributed by atoms with E-state index >= 15 is 0 Å². The zero-order chi connectivity index (χ0) is 13.9. The summed E-state index contributed by atoms with van der Waals surface area (Å²) in [5, 5.41) is 0. The summed E-state index contributed by atoms with van der Waals surface area (Å²) in [7, 11) is 2.12. The van der Waals surface area contributed by atoms with Crippen molar-refractivity contribution in [2.24, 2.45) is 5.73 Å². The molecule has 19 heavy (non-hydrogen) atoms. The van der Waals surface area contributed by atoms with Crippen LogP contribution in [-0.4, -0.2) is 50.2 Å².